The molecule has 7 heteroatoms. The van der Waals surface area contributed by atoms with Crippen molar-refractivity contribution in [2.75, 3.05) is 6.61 Å². The molecule has 1 spiro atoms. The second kappa shape index (κ2) is 5.16. The fourth-order valence-electron chi connectivity index (χ4n) is 5.30. The van der Waals surface area contributed by atoms with Crippen LogP contribution in [0.4, 0.5) is 0 Å². The highest BCUT2D eigenvalue weighted by molar-refractivity contribution is 5.92. The van der Waals surface area contributed by atoms with Gasteiger partial charge in [0.15, 0.2) is 11.6 Å². The molecule has 5 heterocycles. The lowest BCUT2D eigenvalue weighted by Gasteiger charge is -2.31. The monoisotopic (exact) mass is 364 g/mol. The van der Waals surface area contributed by atoms with Crippen LogP contribution in [0.2, 0.25) is 0 Å². The van der Waals surface area contributed by atoms with Crippen molar-refractivity contribution in [1.29, 1.82) is 0 Å². The van der Waals surface area contributed by atoms with Gasteiger partial charge in [-0.2, -0.15) is 0 Å². The second-order valence-electron chi connectivity index (χ2n) is 8.91. The van der Waals surface area contributed by atoms with Gasteiger partial charge in [-0.15, -0.1) is 0 Å². The Labute approximate surface area is 151 Å². The maximum Gasteiger partial charge on any atom is 0.336 e. The number of ether oxygens (including phenoxy) is 4. The van der Waals surface area contributed by atoms with Gasteiger partial charge in [0, 0.05) is 25.7 Å². The van der Waals surface area contributed by atoms with Gasteiger partial charge in [-0.25, -0.2) is 4.79 Å². The third kappa shape index (κ3) is 2.34. The van der Waals surface area contributed by atoms with E-state index in [0.29, 0.717) is 31.4 Å². The lowest BCUT2D eigenvalue weighted by Crippen LogP contribution is -2.39. The van der Waals surface area contributed by atoms with E-state index >= 15 is 0 Å². The number of rotatable bonds is 0. The van der Waals surface area contributed by atoms with Gasteiger partial charge in [0.2, 0.25) is 0 Å². The lowest BCUT2D eigenvalue weighted by molar-refractivity contribution is -0.184. The molecule has 26 heavy (non-hydrogen) atoms. The largest absolute Gasteiger partial charge is 0.456 e. The van der Waals surface area contributed by atoms with Gasteiger partial charge < -0.3 is 24.1 Å². The fourth-order valence-corrected chi connectivity index (χ4v) is 5.30. The quantitative estimate of drug-likeness (QED) is 0.642. The van der Waals surface area contributed by atoms with Gasteiger partial charge in [-0.3, -0.25) is 4.79 Å². The third-order valence-electron chi connectivity index (χ3n) is 6.71. The summed E-state index contributed by atoms with van der Waals surface area (Å²) in [6.07, 6.45) is 1.68. The molecule has 0 radical (unpaired) electrons. The third-order valence-corrected chi connectivity index (χ3v) is 6.71. The van der Waals surface area contributed by atoms with E-state index in [0.717, 1.165) is 0 Å². The van der Waals surface area contributed by atoms with Crippen LogP contribution in [-0.2, 0) is 28.5 Å². The van der Waals surface area contributed by atoms with Gasteiger partial charge in [-0.1, -0.05) is 6.08 Å². The first-order valence-corrected chi connectivity index (χ1v) is 9.35. The number of aliphatic hydroxyl groups is 1. The van der Waals surface area contributed by atoms with E-state index in [9.17, 15) is 14.7 Å². The molecule has 4 fully saturated rings. The molecule has 0 aliphatic carbocycles. The van der Waals surface area contributed by atoms with Crippen molar-refractivity contribution in [2.45, 2.75) is 81.3 Å². The Morgan fingerprint density at radius 2 is 2.00 bits per heavy atom. The highest BCUT2D eigenvalue weighted by atomic mass is 16.8. The summed E-state index contributed by atoms with van der Waals surface area (Å²) in [7, 11) is 0. The Morgan fingerprint density at radius 1 is 1.19 bits per heavy atom. The molecule has 5 rings (SSSR count). The van der Waals surface area contributed by atoms with Crippen molar-refractivity contribution < 1.29 is 33.6 Å². The average Bonchev–Trinajstić information content (AvgIpc) is 3.19. The van der Waals surface area contributed by atoms with E-state index in [1.165, 1.54) is 0 Å². The molecule has 7 bridgehead atoms. The van der Waals surface area contributed by atoms with E-state index in [1.54, 1.807) is 6.08 Å². The summed E-state index contributed by atoms with van der Waals surface area (Å²) in [5, 5.41) is 10.6. The average molecular weight is 364 g/mol. The molecule has 0 saturated carbocycles. The van der Waals surface area contributed by atoms with Gasteiger partial charge in [0.1, 0.15) is 18.3 Å². The number of fused-ring (bicyclic) bond motifs is 7. The Kier molecular flexibility index (Phi) is 3.35. The van der Waals surface area contributed by atoms with Crippen LogP contribution in [0.15, 0.2) is 11.6 Å². The van der Waals surface area contributed by atoms with Crippen molar-refractivity contribution in [3.63, 3.8) is 0 Å². The number of esters is 1. The summed E-state index contributed by atoms with van der Waals surface area (Å²) in [6, 6.07) is 0. The Morgan fingerprint density at radius 3 is 2.81 bits per heavy atom. The van der Waals surface area contributed by atoms with Crippen molar-refractivity contribution >= 4 is 11.8 Å². The number of allylic oxidation sites excluding steroid dienone is 1. The molecule has 7 atom stereocenters. The van der Waals surface area contributed by atoms with Crippen LogP contribution in [0.25, 0.3) is 0 Å². The summed E-state index contributed by atoms with van der Waals surface area (Å²) in [5.74, 6) is -1.12. The van der Waals surface area contributed by atoms with Gasteiger partial charge in [0.05, 0.1) is 23.4 Å². The van der Waals surface area contributed by atoms with Crippen LogP contribution >= 0.6 is 0 Å². The zero-order valence-corrected chi connectivity index (χ0v) is 15.0. The first kappa shape index (κ1) is 16.9. The number of Topliss-reactive ketones (excluding diaryl/α,β-unsaturated/α-hetero) is 1. The summed E-state index contributed by atoms with van der Waals surface area (Å²) in [5.41, 5.74) is -0.924. The zero-order chi connectivity index (χ0) is 18.3. The van der Waals surface area contributed by atoms with E-state index in [2.05, 4.69) is 0 Å². The van der Waals surface area contributed by atoms with Crippen LogP contribution in [-0.4, -0.2) is 58.8 Å². The minimum absolute atomic E-state index is 0.0118. The van der Waals surface area contributed by atoms with E-state index in [-0.39, 0.29) is 24.5 Å². The van der Waals surface area contributed by atoms with Crippen LogP contribution in [0.3, 0.4) is 0 Å². The number of carbonyl (C=O) groups excluding carboxylic acids is 2. The molecule has 5 aliphatic rings. The van der Waals surface area contributed by atoms with Crippen molar-refractivity contribution in [2.24, 2.45) is 5.92 Å². The number of hydrogen-bond acceptors (Lipinski definition) is 7. The van der Waals surface area contributed by atoms with Crippen LogP contribution in [0.1, 0.15) is 46.0 Å². The molecule has 7 nitrogen and oxygen atoms in total. The van der Waals surface area contributed by atoms with Crippen LogP contribution in [0, 0.1) is 5.92 Å². The highest BCUT2D eigenvalue weighted by Gasteiger charge is 2.62. The predicted molar refractivity (Wildman–Crippen MR) is 87.0 cm³/mol. The minimum Gasteiger partial charge on any atom is -0.456 e. The zero-order valence-electron chi connectivity index (χ0n) is 15.0. The Bertz CT molecular complexity index is 717. The first-order valence-electron chi connectivity index (χ1n) is 9.35. The van der Waals surface area contributed by atoms with Crippen LogP contribution < -0.4 is 0 Å². The van der Waals surface area contributed by atoms with Gasteiger partial charge >= 0.3 is 5.97 Å². The summed E-state index contributed by atoms with van der Waals surface area (Å²) >= 11 is 0. The van der Waals surface area contributed by atoms with E-state index < -0.39 is 41.3 Å². The van der Waals surface area contributed by atoms with Crippen LogP contribution in [0.5, 0.6) is 0 Å². The summed E-state index contributed by atoms with van der Waals surface area (Å²) in [4.78, 5) is 24.8. The standard InChI is InChI=1S/C19H24O7/c1-17-6-12(20)13(25-17)8-19-5-10(18(2,26-19)9-23-19)3-4-11-15(21)14(7-17)24-16(11)22/h4,10,13-15,21H,3,5-9H2,1-2H3/b11-4+/t10-,13-,14+,15-,17+,18+,19-/m0/s1. The SMILES string of the molecule is C[C@@]12CC(=O)[C@H](C[C@@]34C[C@H](C/C=C5/C(=O)O[C@H](C1)[C@H]5O)[C@@](C)(CO3)O4)O2. The number of aliphatic hydroxyl groups excluding tert-OH is 1. The molecule has 0 aromatic rings. The maximum atomic E-state index is 12.6. The van der Waals surface area contributed by atoms with Crippen molar-refractivity contribution in [3.05, 3.63) is 11.6 Å². The Hall–Kier alpha value is -1.28. The highest BCUT2D eigenvalue weighted by Crippen LogP contribution is 2.54. The van der Waals surface area contributed by atoms with Gasteiger partial charge in [0.25, 0.3) is 0 Å². The maximum absolute atomic E-state index is 12.6. The molecule has 0 aromatic heterocycles. The van der Waals surface area contributed by atoms with E-state index in [1.807, 2.05) is 13.8 Å². The first-order chi connectivity index (χ1) is 12.2. The minimum atomic E-state index is -0.990. The summed E-state index contributed by atoms with van der Waals surface area (Å²) < 4.78 is 23.7. The number of carbonyl (C=O) groups is 2. The molecule has 142 valence electrons. The Balaban J connectivity index is 1.54. The topological polar surface area (TPSA) is 91.3 Å². The molecular formula is C19H24O7. The molecular weight excluding hydrogens is 340 g/mol. The smallest absolute Gasteiger partial charge is 0.336 e. The van der Waals surface area contributed by atoms with Crippen molar-refractivity contribution in [1.82, 2.24) is 0 Å². The fraction of sp³-hybridized carbons (Fsp3) is 0.789. The van der Waals surface area contributed by atoms with E-state index in [4.69, 9.17) is 18.9 Å². The predicted octanol–water partition coefficient (Wildman–Crippen LogP) is 1.02. The molecule has 0 unspecified atom stereocenters. The molecule has 4 saturated heterocycles. The molecule has 5 aliphatic heterocycles. The molecule has 1 N–H and O–H groups in total. The van der Waals surface area contributed by atoms with Crippen molar-refractivity contribution in [3.8, 4) is 0 Å². The summed E-state index contributed by atoms with van der Waals surface area (Å²) in [6.45, 7) is 4.29. The number of ketones is 1. The normalized spacial score (nSPS) is 55.0. The molecule has 0 aromatic carbocycles. The molecule has 0 amide bonds. The van der Waals surface area contributed by atoms with Gasteiger partial charge in [-0.05, 0) is 26.2 Å². The lowest BCUT2D eigenvalue weighted by atomic mass is 9.81. The second-order valence-corrected chi connectivity index (χ2v) is 8.91. The number of hydrogen-bond donors (Lipinski definition) is 1.